The molecule has 13 heavy (non-hydrogen) atoms. The summed E-state index contributed by atoms with van der Waals surface area (Å²) in [5.41, 5.74) is 7.19. The Morgan fingerprint density at radius 1 is 1.46 bits per heavy atom. The van der Waals surface area contributed by atoms with E-state index in [9.17, 15) is 0 Å². The van der Waals surface area contributed by atoms with Crippen LogP contribution in [0.4, 0.5) is 0 Å². The average molecular weight is 289 g/mol. The van der Waals surface area contributed by atoms with Crippen LogP contribution in [-0.4, -0.2) is 6.61 Å². The summed E-state index contributed by atoms with van der Waals surface area (Å²) in [4.78, 5) is 0. The molecule has 0 saturated carbocycles. The number of halogens is 1. The number of rotatable bonds is 0. The third-order valence-electron chi connectivity index (χ3n) is 2.30. The molecule has 1 heterocycles. The zero-order valence-electron chi connectivity index (χ0n) is 7.29. The van der Waals surface area contributed by atoms with Crippen LogP contribution >= 0.6 is 22.6 Å². The van der Waals surface area contributed by atoms with Crippen molar-refractivity contribution >= 4 is 22.6 Å². The fourth-order valence-electron chi connectivity index (χ4n) is 1.60. The number of nitrogens with two attached hydrogens (primary N) is 1. The van der Waals surface area contributed by atoms with Crippen LogP contribution in [0.2, 0.25) is 0 Å². The molecule has 3 heteroatoms. The first kappa shape index (κ1) is 9.27. The van der Waals surface area contributed by atoms with Crippen molar-refractivity contribution in [2.75, 3.05) is 6.61 Å². The first-order valence-corrected chi connectivity index (χ1v) is 5.53. The Hall–Kier alpha value is -0.290. The molecule has 0 aliphatic carbocycles. The van der Waals surface area contributed by atoms with Crippen LogP contribution in [-0.2, 0) is 0 Å². The third-order valence-corrected chi connectivity index (χ3v) is 3.15. The maximum atomic E-state index is 6.03. The molecule has 0 saturated heterocycles. The summed E-state index contributed by atoms with van der Waals surface area (Å²) in [5.74, 6) is 0.994. The highest BCUT2D eigenvalue weighted by atomic mass is 127. The zero-order valence-corrected chi connectivity index (χ0v) is 9.45. The van der Waals surface area contributed by atoms with Crippen molar-refractivity contribution in [3.63, 3.8) is 0 Å². The number of fused-ring (bicyclic) bond motifs is 1. The van der Waals surface area contributed by atoms with Gasteiger partial charge in [-0.25, -0.2) is 0 Å². The van der Waals surface area contributed by atoms with Crippen molar-refractivity contribution in [1.82, 2.24) is 0 Å². The fourth-order valence-corrected chi connectivity index (χ4v) is 2.28. The topological polar surface area (TPSA) is 35.2 Å². The number of ether oxygens (including phenoxy) is 1. The van der Waals surface area contributed by atoms with Crippen LogP contribution in [0, 0.1) is 3.57 Å². The molecule has 0 amide bonds. The quantitative estimate of drug-likeness (QED) is 0.745. The summed E-state index contributed by atoms with van der Waals surface area (Å²) in [7, 11) is 0. The van der Waals surface area contributed by atoms with Gasteiger partial charge in [0, 0.05) is 11.6 Å². The normalized spacial score (nSPS) is 21.5. The summed E-state index contributed by atoms with van der Waals surface area (Å²) >= 11 is 2.29. The second kappa shape index (κ2) is 3.84. The average Bonchev–Trinajstić information content (AvgIpc) is 2.30. The van der Waals surface area contributed by atoms with Crippen molar-refractivity contribution < 1.29 is 4.74 Å². The van der Waals surface area contributed by atoms with E-state index in [1.807, 2.05) is 6.07 Å². The lowest BCUT2D eigenvalue weighted by Gasteiger charge is -2.12. The Morgan fingerprint density at radius 3 is 3.15 bits per heavy atom. The molecule has 1 atom stereocenters. The Bertz CT molecular complexity index is 314. The standard InChI is InChI=1S/C10H12INO/c11-8-4-1-3-7-9(12)5-2-6-13-10(7)8/h1,3-4,9H,2,5-6,12H2/t9-/m0/s1. The Labute approximate surface area is 91.6 Å². The van der Waals surface area contributed by atoms with E-state index in [0.29, 0.717) is 0 Å². The van der Waals surface area contributed by atoms with Gasteiger partial charge >= 0.3 is 0 Å². The molecule has 1 aliphatic heterocycles. The highest BCUT2D eigenvalue weighted by Gasteiger charge is 2.17. The highest BCUT2D eigenvalue weighted by Crippen LogP contribution is 2.33. The molecular weight excluding hydrogens is 277 g/mol. The van der Waals surface area contributed by atoms with Crippen molar-refractivity contribution in [2.45, 2.75) is 18.9 Å². The molecule has 0 bridgehead atoms. The molecular formula is C10H12INO. The number of benzene rings is 1. The molecule has 0 aromatic heterocycles. The summed E-state index contributed by atoms with van der Waals surface area (Å²) < 4.78 is 6.82. The molecule has 0 spiro atoms. The van der Waals surface area contributed by atoms with E-state index >= 15 is 0 Å². The van der Waals surface area contributed by atoms with Crippen LogP contribution in [0.5, 0.6) is 5.75 Å². The minimum Gasteiger partial charge on any atom is -0.492 e. The maximum absolute atomic E-state index is 6.03. The lowest BCUT2D eigenvalue weighted by atomic mass is 10.0. The Balaban J connectivity index is 2.47. The smallest absolute Gasteiger partial charge is 0.137 e. The Kier molecular flexibility index (Phi) is 2.74. The SMILES string of the molecule is N[C@H]1CCCOc2c(I)cccc21. The van der Waals surface area contributed by atoms with Crippen LogP contribution in [0.15, 0.2) is 18.2 Å². The van der Waals surface area contributed by atoms with Crippen LogP contribution < -0.4 is 10.5 Å². The molecule has 2 nitrogen and oxygen atoms in total. The lowest BCUT2D eigenvalue weighted by molar-refractivity contribution is 0.314. The molecule has 1 aliphatic rings. The van der Waals surface area contributed by atoms with Gasteiger partial charge in [0.2, 0.25) is 0 Å². The summed E-state index contributed by atoms with van der Waals surface area (Å²) in [6.45, 7) is 0.792. The van der Waals surface area contributed by atoms with Gasteiger partial charge in [0.15, 0.2) is 0 Å². The predicted molar refractivity (Wildman–Crippen MR) is 60.8 cm³/mol. The van der Waals surface area contributed by atoms with Crippen molar-refractivity contribution in [1.29, 1.82) is 0 Å². The highest BCUT2D eigenvalue weighted by molar-refractivity contribution is 14.1. The number of hydrogen-bond acceptors (Lipinski definition) is 2. The van der Waals surface area contributed by atoms with Gasteiger partial charge in [0.1, 0.15) is 5.75 Å². The number of para-hydroxylation sites is 1. The molecule has 0 unspecified atom stereocenters. The van der Waals surface area contributed by atoms with E-state index < -0.39 is 0 Å². The van der Waals surface area contributed by atoms with Crippen molar-refractivity contribution in [2.24, 2.45) is 5.73 Å². The van der Waals surface area contributed by atoms with Crippen LogP contribution in [0.3, 0.4) is 0 Å². The molecule has 0 fully saturated rings. The maximum Gasteiger partial charge on any atom is 0.137 e. The molecule has 70 valence electrons. The number of hydrogen-bond donors (Lipinski definition) is 1. The molecule has 1 aromatic rings. The third kappa shape index (κ3) is 1.81. The van der Waals surface area contributed by atoms with Gasteiger partial charge in [0.05, 0.1) is 10.2 Å². The van der Waals surface area contributed by atoms with Gasteiger partial charge in [-0.3, -0.25) is 0 Å². The van der Waals surface area contributed by atoms with E-state index in [4.69, 9.17) is 10.5 Å². The largest absolute Gasteiger partial charge is 0.492 e. The molecule has 2 rings (SSSR count). The van der Waals surface area contributed by atoms with E-state index in [1.54, 1.807) is 0 Å². The van der Waals surface area contributed by atoms with Crippen LogP contribution in [0.1, 0.15) is 24.4 Å². The summed E-state index contributed by atoms with van der Waals surface area (Å²) in [6, 6.07) is 6.30. The Morgan fingerprint density at radius 2 is 2.31 bits per heavy atom. The van der Waals surface area contributed by atoms with Gasteiger partial charge in [-0.1, -0.05) is 12.1 Å². The fraction of sp³-hybridized carbons (Fsp3) is 0.400. The predicted octanol–water partition coefficient (Wildman–Crippen LogP) is 2.46. The van der Waals surface area contributed by atoms with E-state index in [2.05, 4.69) is 34.7 Å². The molecule has 2 N–H and O–H groups in total. The zero-order chi connectivity index (χ0) is 9.26. The van der Waals surface area contributed by atoms with Gasteiger partial charge in [-0.05, 0) is 41.5 Å². The molecule has 1 aromatic carbocycles. The summed E-state index contributed by atoms with van der Waals surface area (Å²) in [6.07, 6.45) is 2.07. The minimum atomic E-state index is 0.146. The van der Waals surface area contributed by atoms with Gasteiger partial charge in [-0.2, -0.15) is 0 Å². The van der Waals surface area contributed by atoms with Gasteiger partial charge in [0.25, 0.3) is 0 Å². The van der Waals surface area contributed by atoms with E-state index in [1.165, 1.54) is 0 Å². The second-order valence-corrected chi connectivity index (χ2v) is 4.42. The van der Waals surface area contributed by atoms with Crippen LogP contribution in [0.25, 0.3) is 0 Å². The lowest BCUT2D eigenvalue weighted by Crippen LogP contribution is -2.09. The van der Waals surface area contributed by atoms with E-state index in [-0.39, 0.29) is 6.04 Å². The monoisotopic (exact) mass is 289 g/mol. The van der Waals surface area contributed by atoms with Gasteiger partial charge in [-0.15, -0.1) is 0 Å². The summed E-state index contributed by atoms with van der Waals surface area (Å²) in [5, 5.41) is 0. The van der Waals surface area contributed by atoms with Gasteiger partial charge < -0.3 is 10.5 Å². The van der Waals surface area contributed by atoms with E-state index in [0.717, 1.165) is 34.3 Å². The minimum absolute atomic E-state index is 0.146. The second-order valence-electron chi connectivity index (χ2n) is 3.26. The van der Waals surface area contributed by atoms with Crippen molar-refractivity contribution in [3.8, 4) is 5.75 Å². The first-order valence-electron chi connectivity index (χ1n) is 4.46. The first-order chi connectivity index (χ1) is 6.29. The molecule has 0 radical (unpaired) electrons. The van der Waals surface area contributed by atoms with Crippen molar-refractivity contribution in [3.05, 3.63) is 27.3 Å².